The predicted octanol–water partition coefficient (Wildman–Crippen LogP) is 5.11. The van der Waals surface area contributed by atoms with Gasteiger partial charge in [-0.2, -0.15) is 0 Å². The van der Waals surface area contributed by atoms with Crippen LogP contribution in [0.5, 0.6) is 5.75 Å². The number of nitrogens with zero attached hydrogens (tertiary/aromatic N) is 2. The van der Waals surface area contributed by atoms with Gasteiger partial charge < -0.3 is 19.2 Å². The smallest absolute Gasteiger partial charge is 0.341 e. The maximum absolute atomic E-state index is 12.5. The van der Waals surface area contributed by atoms with Crippen molar-refractivity contribution < 1.29 is 23.5 Å². The van der Waals surface area contributed by atoms with E-state index < -0.39 is 5.97 Å². The number of amides is 1. The van der Waals surface area contributed by atoms with Gasteiger partial charge in [0, 0.05) is 4.88 Å². The van der Waals surface area contributed by atoms with Gasteiger partial charge in [0.05, 0.1) is 17.9 Å². The Bertz CT molecular complexity index is 1140. The minimum Gasteiger partial charge on any atom is -0.484 e. The second-order valence-corrected chi connectivity index (χ2v) is 9.42. The van der Waals surface area contributed by atoms with E-state index in [2.05, 4.69) is 15.5 Å². The van der Waals surface area contributed by atoms with Crippen molar-refractivity contribution >= 4 is 40.0 Å². The lowest BCUT2D eigenvalue weighted by molar-refractivity contribution is -0.113. The summed E-state index contributed by atoms with van der Waals surface area (Å²) >= 11 is 2.49. The second kappa shape index (κ2) is 11.3. The van der Waals surface area contributed by atoms with Crippen molar-refractivity contribution in [2.24, 2.45) is 0 Å². The molecule has 33 heavy (non-hydrogen) atoms. The molecule has 1 aromatic carbocycles. The molecule has 0 aliphatic rings. The number of carbonyl (C=O) groups excluding carboxylic acids is 2. The van der Waals surface area contributed by atoms with Gasteiger partial charge >= 0.3 is 5.97 Å². The van der Waals surface area contributed by atoms with E-state index >= 15 is 0 Å². The van der Waals surface area contributed by atoms with E-state index in [0.29, 0.717) is 22.9 Å². The summed E-state index contributed by atoms with van der Waals surface area (Å²) in [5, 5.41) is 11.5. The Balaban J connectivity index is 1.57. The largest absolute Gasteiger partial charge is 0.484 e. The highest BCUT2D eigenvalue weighted by molar-refractivity contribution is 7.99. The third kappa shape index (κ3) is 6.35. The SMILES string of the molecule is CCOC(=O)c1c(NC(=O)CSc2nnc(COc3cc(C)ccc3C)o2)sc(C)c1CC. The van der Waals surface area contributed by atoms with Gasteiger partial charge in [0.2, 0.25) is 5.91 Å². The van der Waals surface area contributed by atoms with Crippen molar-refractivity contribution in [2.75, 3.05) is 17.7 Å². The first kappa shape index (κ1) is 24.8. The molecule has 0 aliphatic heterocycles. The molecule has 1 amide bonds. The number of rotatable bonds is 10. The summed E-state index contributed by atoms with van der Waals surface area (Å²) in [6.07, 6.45) is 0.677. The van der Waals surface area contributed by atoms with E-state index in [4.69, 9.17) is 13.9 Å². The average Bonchev–Trinajstić information content (AvgIpc) is 3.36. The number of anilines is 1. The van der Waals surface area contributed by atoms with Gasteiger partial charge in [-0.15, -0.1) is 21.5 Å². The quantitative estimate of drug-likeness (QED) is 0.310. The van der Waals surface area contributed by atoms with Crippen molar-refractivity contribution in [2.45, 2.75) is 52.9 Å². The number of hydrogen-bond donors (Lipinski definition) is 1. The van der Waals surface area contributed by atoms with Gasteiger partial charge in [-0.1, -0.05) is 30.8 Å². The molecule has 0 radical (unpaired) electrons. The van der Waals surface area contributed by atoms with E-state index in [1.807, 2.05) is 45.9 Å². The first-order valence-corrected chi connectivity index (χ1v) is 12.4. The molecular weight excluding hydrogens is 462 g/mol. The molecule has 0 saturated carbocycles. The second-order valence-electron chi connectivity index (χ2n) is 7.27. The third-order valence-electron chi connectivity index (χ3n) is 4.76. The standard InChI is InChI=1S/C23H27N3O5S2/c1-6-16-15(5)33-21(20(16)22(28)29-7-2)24-18(27)12-32-23-26-25-19(31-23)11-30-17-10-13(3)8-9-14(17)4/h8-10H,6-7,11-12H2,1-5H3,(H,24,27). The summed E-state index contributed by atoms with van der Waals surface area (Å²) in [5.74, 6) is 0.440. The van der Waals surface area contributed by atoms with Crippen molar-refractivity contribution in [1.82, 2.24) is 10.2 Å². The Morgan fingerprint density at radius 3 is 2.70 bits per heavy atom. The zero-order valence-corrected chi connectivity index (χ0v) is 20.9. The fourth-order valence-corrected chi connectivity index (χ4v) is 4.89. The molecule has 3 aromatic rings. The van der Waals surface area contributed by atoms with Crippen LogP contribution < -0.4 is 10.1 Å². The maximum atomic E-state index is 12.5. The highest BCUT2D eigenvalue weighted by Crippen LogP contribution is 2.34. The van der Waals surface area contributed by atoms with Crippen molar-refractivity contribution in [3.05, 3.63) is 51.2 Å². The monoisotopic (exact) mass is 489 g/mol. The molecule has 1 N–H and O–H groups in total. The van der Waals surface area contributed by atoms with E-state index in [1.54, 1.807) is 6.92 Å². The number of esters is 1. The highest BCUT2D eigenvalue weighted by atomic mass is 32.2. The molecule has 176 valence electrons. The van der Waals surface area contributed by atoms with E-state index in [1.165, 1.54) is 11.3 Å². The molecule has 0 atom stereocenters. The molecule has 0 fully saturated rings. The zero-order valence-electron chi connectivity index (χ0n) is 19.3. The summed E-state index contributed by atoms with van der Waals surface area (Å²) in [4.78, 5) is 25.9. The van der Waals surface area contributed by atoms with Crippen LogP contribution in [0.1, 0.15) is 51.7 Å². The van der Waals surface area contributed by atoms with Gasteiger partial charge in [0.25, 0.3) is 11.1 Å². The number of benzene rings is 1. The van der Waals surface area contributed by atoms with Crippen LogP contribution in [0.15, 0.2) is 27.8 Å². The number of nitrogens with one attached hydrogen (secondary N) is 1. The predicted molar refractivity (Wildman–Crippen MR) is 128 cm³/mol. The van der Waals surface area contributed by atoms with Crippen LogP contribution in [-0.2, 0) is 22.6 Å². The molecule has 3 rings (SSSR count). The van der Waals surface area contributed by atoms with Crippen LogP contribution in [0, 0.1) is 20.8 Å². The fraction of sp³-hybridized carbons (Fsp3) is 0.391. The number of hydrogen-bond acceptors (Lipinski definition) is 9. The summed E-state index contributed by atoms with van der Waals surface area (Å²) < 4.78 is 16.5. The van der Waals surface area contributed by atoms with Gasteiger partial charge in [-0.25, -0.2) is 4.79 Å². The summed E-state index contributed by atoms with van der Waals surface area (Å²) in [6.45, 7) is 10.0. The van der Waals surface area contributed by atoms with Crippen molar-refractivity contribution in [3.63, 3.8) is 0 Å². The van der Waals surface area contributed by atoms with Crippen LogP contribution in [0.25, 0.3) is 0 Å². The summed E-state index contributed by atoms with van der Waals surface area (Å²) in [7, 11) is 0. The van der Waals surface area contributed by atoms with Crippen LogP contribution >= 0.6 is 23.1 Å². The fourth-order valence-electron chi connectivity index (χ4n) is 3.16. The van der Waals surface area contributed by atoms with Gasteiger partial charge in [-0.3, -0.25) is 4.79 Å². The van der Waals surface area contributed by atoms with Gasteiger partial charge in [-0.05, 0) is 56.9 Å². The maximum Gasteiger partial charge on any atom is 0.341 e. The molecule has 10 heteroatoms. The lowest BCUT2D eigenvalue weighted by Gasteiger charge is -2.07. The molecule has 0 aliphatic carbocycles. The normalized spacial score (nSPS) is 10.8. The van der Waals surface area contributed by atoms with E-state index in [9.17, 15) is 9.59 Å². The Labute approximate surface area is 201 Å². The van der Waals surface area contributed by atoms with Gasteiger partial charge in [0.1, 0.15) is 10.8 Å². The molecule has 0 spiro atoms. The number of ether oxygens (including phenoxy) is 2. The molecule has 2 heterocycles. The lowest BCUT2D eigenvalue weighted by Crippen LogP contribution is -2.16. The van der Waals surface area contributed by atoms with Crippen LogP contribution in [0.3, 0.4) is 0 Å². The molecule has 2 aromatic heterocycles. The van der Waals surface area contributed by atoms with Crippen LogP contribution in [-0.4, -0.2) is 34.4 Å². The van der Waals surface area contributed by atoms with Crippen LogP contribution in [0.2, 0.25) is 0 Å². The Morgan fingerprint density at radius 2 is 1.97 bits per heavy atom. The number of aryl methyl sites for hydroxylation is 3. The zero-order chi connectivity index (χ0) is 24.0. The van der Waals surface area contributed by atoms with Gasteiger partial charge in [0.15, 0.2) is 6.61 Å². The van der Waals surface area contributed by atoms with E-state index in [-0.39, 0.29) is 30.1 Å². The lowest BCUT2D eigenvalue weighted by atomic mass is 10.1. The molecule has 0 saturated heterocycles. The number of thiophene rings is 1. The number of carbonyl (C=O) groups is 2. The average molecular weight is 490 g/mol. The first-order chi connectivity index (χ1) is 15.8. The van der Waals surface area contributed by atoms with Crippen LogP contribution in [0.4, 0.5) is 5.00 Å². The third-order valence-corrected chi connectivity index (χ3v) is 6.65. The molecule has 8 nitrogen and oxygen atoms in total. The Hall–Kier alpha value is -2.85. The first-order valence-electron chi connectivity index (χ1n) is 10.6. The molecular formula is C23H27N3O5S2. The van der Waals surface area contributed by atoms with Crippen molar-refractivity contribution in [1.29, 1.82) is 0 Å². The number of aromatic nitrogens is 2. The highest BCUT2D eigenvalue weighted by Gasteiger charge is 2.23. The molecule has 0 bridgehead atoms. The number of thioether (sulfide) groups is 1. The Kier molecular flexibility index (Phi) is 8.51. The summed E-state index contributed by atoms with van der Waals surface area (Å²) in [6, 6.07) is 5.96. The minimum atomic E-state index is -0.424. The summed E-state index contributed by atoms with van der Waals surface area (Å²) in [5.41, 5.74) is 3.45. The molecule has 0 unspecified atom stereocenters. The Morgan fingerprint density at radius 1 is 1.18 bits per heavy atom. The van der Waals surface area contributed by atoms with E-state index in [0.717, 1.165) is 39.1 Å². The minimum absolute atomic E-state index is 0.0557. The topological polar surface area (TPSA) is 104 Å². The van der Waals surface area contributed by atoms with Crippen molar-refractivity contribution in [3.8, 4) is 5.75 Å².